The second kappa shape index (κ2) is 7.32. The zero-order chi connectivity index (χ0) is 13.5. The zero-order valence-corrected chi connectivity index (χ0v) is 11.9. The van der Waals surface area contributed by atoms with Gasteiger partial charge in [0, 0.05) is 0 Å². The Morgan fingerprint density at radius 2 is 1.84 bits per heavy atom. The molecule has 0 aromatic heterocycles. The molecule has 1 aromatic rings. The van der Waals surface area contributed by atoms with Gasteiger partial charge in [0.1, 0.15) is 0 Å². The van der Waals surface area contributed by atoms with Gasteiger partial charge in [-0.2, -0.15) is 0 Å². The van der Waals surface area contributed by atoms with Gasteiger partial charge in [0.25, 0.3) is 0 Å². The Hall–Kier alpha value is -1.31. The molecule has 0 amide bonds. The molecule has 1 aromatic carbocycles. The van der Waals surface area contributed by atoms with E-state index in [0.717, 1.165) is 12.3 Å². The highest BCUT2D eigenvalue weighted by Crippen LogP contribution is 2.27. The van der Waals surface area contributed by atoms with Gasteiger partial charge in [0.2, 0.25) is 0 Å². The standard InChI is InChI=1S/C17H24O2/c1-2-19-17(18)16-12-10-15(11-13-16)9-8-14-6-4-3-5-7-14/h10-14H,2-9H2,1H3. The number of rotatable bonds is 5. The second-order valence-electron chi connectivity index (χ2n) is 5.46. The van der Waals surface area contributed by atoms with Gasteiger partial charge < -0.3 is 4.74 Å². The molecular weight excluding hydrogens is 236 g/mol. The van der Waals surface area contributed by atoms with E-state index in [4.69, 9.17) is 4.74 Å². The summed E-state index contributed by atoms with van der Waals surface area (Å²) in [5.41, 5.74) is 1.99. The number of carbonyl (C=O) groups excluding carboxylic acids is 1. The van der Waals surface area contributed by atoms with E-state index >= 15 is 0 Å². The van der Waals surface area contributed by atoms with Crippen molar-refractivity contribution in [1.29, 1.82) is 0 Å². The lowest BCUT2D eigenvalue weighted by atomic mass is 9.85. The van der Waals surface area contributed by atoms with Crippen molar-refractivity contribution in [2.24, 2.45) is 5.92 Å². The molecule has 0 atom stereocenters. The van der Waals surface area contributed by atoms with Gasteiger partial charge >= 0.3 is 5.97 Å². The lowest BCUT2D eigenvalue weighted by molar-refractivity contribution is 0.0526. The minimum absolute atomic E-state index is 0.221. The first-order valence-electron chi connectivity index (χ1n) is 7.55. The maximum Gasteiger partial charge on any atom is 0.338 e. The van der Waals surface area contributed by atoms with Crippen LogP contribution in [0.25, 0.3) is 0 Å². The van der Waals surface area contributed by atoms with E-state index in [2.05, 4.69) is 12.1 Å². The molecule has 0 N–H and O–H groups in total. The molecule has 2 rings (SSSR count). The van der Waals surface area contributed by atoms with Crippen LogP contribution in [0.5, 0.6) is 0 Å². The van der Waals surface area contributed by atoms with Crippen LogP contribution in [0.15, 0.2) is 24.3 Å². The molecule has 19 heavy (non-hydrogen) atoms. The first kappa shape index (κ1) is 14.1. The van der Waals surface area contributed by atoms with Crippen LogP contribution in [0.3, 0.4) is 0 Å². The van der Waals surface area contributed by atoms with E-state index in [-0.39, 0.29) is 5.97 Å². The first-order valence-corrected chi connectivity index (χ1v) is 7.55. The van der Waals surface area contributed by atoms with Crippen molar-refractivity contribution in [2.75, 3.05) is 6.61 Å². The Labute approximate surface area is 116 Å². The summed E-state index contributed by atoms with van der Waals surface area (Å²) in [6.45, 7) is 2.26. The Bertz CT molecular complexity index is 388. The molecule has 0 aliphatic heterocycles. The van der Waals surface area contributed by atoms with Crippen molar-refractivity contribution >= 4 is 5.97 Å². The Kier molecular flexibility index (Phi) is 5.44. The molecule has 2 heteroatoms. The molecule has 1 fully saturated rings. The molecule has 0 saturated heterocycles. The minimum Gasteiger partial charge on any atom is -0.462 e. The van der Waals surface area contributed by atoms with Gasteiger partial charge in [-0.25, -0.2) is 4.79 Å². The molecule has 0 unspecified atom stereocenters. The third kappa shape index (κ3) is 4.38. The molecular formula is C17H24O2. The number of esters is 1. The fraction of sp³-hybridized carbons (Fsp3) is 0.588. The average molecular weight is 260 g/mol. The molecule has 1 aliphatic rings. The van der Waals surface area contributed by atoms with Crippen molar-refractivity contribution < 1.29 is 9.53 Å². The van der Waals surface area contributed by atoms with Crippen LogP contribution in [0.1, 0.15) is 61.4 Å². The molecule has 1 saturated carbocycles. The van der Waals surface area contributed by atoms with Crippen molar-refractivity contribution in [3.8, 4) is 0 Å². The summed E-state index contributed by atoms with van der Waals surface area (Å²) >= 11 is 0. The molecule has 2 nitrogen and oxygen atoms in total. The highest BCUT2D eigenvalue weighted by atomic mass is 16.5. The van der Waals surface area contributed by atoms with E-state index in [0.29, 0.717) is 12.2 Å². The Morgan fingerprint density at radius 3 is 2.47 bits per heavy atom. The van der Waals surface area contributed by atoms with Crippen LogP contribution in [-0.4, -0.2) is 12.6 Å². The quantitative estimate of drug-likeness (QED) is 0.734. The highest BCUT2D eigenvalue weighted by Gasteiger charge is 2.13. The third-order valence-electron chi connectivity index (χ3n) is 4.03. The summed E-state index contributed by atoms with van der Waals surface area (Å²) in [7, 11) is 0. The van der Waals surface area contributed by atoms with Gasteiger partial charge in [-0.3, -0.25) is 0 Å². The Morgan fingerprint density at radius 1 is 1.16 bits per heavy atom. The van der Waals surface area contributed by atoms with Gasteiger partial charge in [-0.15, -0.1) is 0 Å². The maximum atomic E-state index is 11.5. The van der Waals surface area contributed by atoms with E-state index in [1.807, 2.05) is 19.1 Å². The predicted octanol–water partition coefficient (Wildman–Crippen LogP) is 4.38. The molecule has 0 heterocycles. The topological polar surface area (TPSA) is 26.3 Å². The van der Waals surface area contributed by atoms with Crippen LogP contribution in [0.2, 0.25) is 0 Å². The largest absolute Gasteiger partial charge is 0.462 e. The molecule has 0 bridgehead atoms. The summed E-state index contributed by atoms with van der Waals surface area (Å²) in [6.07, 6.45) is 9.47. The van der Waals surface area contributed by atoms with E-state index in [1.165, 1.54) is 44.1 Å². The monoisotopic (exact) mass is 260 g/mol. The number of hydrogen-bond donors (Lipinski definition) is 0. The smallest absolute Gasteiger partial charge is 0.338 e. The van der Waals surface area contributed by atoms with Crippen LogP contribution >= 0.6 is 0 Å². The van der Waals surface area contributed by atoms with Gasteiger partial charge in [0.15, 0.2) is 0 Å². The molecule has 0 spiro atoms. The SMILES string of the molecule is CCOC(=O)c1ccc(CCC2CCCCC2)cc1. The lowest BCUT2D eigenvalue weighted by Gasteiger charge is -2.21. The number of aryl methyl sites for hydroxylation is 1. The normalized spacial score (nSPS) is 16.3. The lowest BCUT2D eigenvalue weighted by Crippen LogP contribution is -2.07. The second-order valence-corrected chi connectivity index (χ2v) is 5.46. The number of hydrogen-bond acceptors (Lipinski definition) is 2. The van der Waals surface area contributed by atoms with E-state index in [9.17, 15) is 4.79 Å². The van der Waals surface area contributed by atoms with Crippen LogP contribution < -0.4 is 0 Å². The average Bonchev–Trinajstić information content (AvgIpc) is 2.47. The van der Waals surface area contributed by atoms with Crippen molar-refractivity contribution in [3.63, 3.8) is 0 Å². The summed E-state index contributed by atoms with van der Waals surface area (Å²) < 4.78 is 4.98. The van der Waals surface area contributed by atoms with Crippen LogP contribution in [0.4, 0.5) is 0 Å². The molecule has 104 valence electrons. The minimum atomic E-state index is -0.221. The number of benzene rings is 1. The van der Waals surface area contributed by atoms with Crippen molar-refractivity contribution in [1.82, 2.24) is 0 Å². The zero-order valence-electron chi connectivity index (χ0n) is 11.9. The summed E-state index contributed by atoms with van der Waals surface area (Å²) in [4.78, 5) is 11.5. The summed E-state index contributed by atoms with van der Waals surface area (Å²) in [5.74, 6) is 0.694. The van der Waals surface area contributed by atoms with Crippen molar-refractivity contribution in [2.45, 2.75) is 51.9 Å². The van der Waals surface area contributed by atoms with Crippen LogP contribution in [-0.2, 0) is 11.2 Å². The summed E-state index contributed by atoms with van der Waals surface area (Å²) in [6, 6.07) is 7.90. The number of carbonyl (C=O) groups is 1. The van der Waals surface area contributed by atoms with Gasteiger partial charge in [0.05, 0.1) is 12.2 Å². The van der Waals surface area contributed by atoms with E-state index in [1.54, 1.807) is 0 Å². The van der Waals surface area contributed by atoms with Crippen LogP contribution in [0, 0.1) is 5.92 Å². The van der Waals surface area contributed by atoms with Gasteiger partial charge in [-0.1, -0.05) is 44.2 Å². The Balaban J connectivity index is 1.82. The van der Waals surface area contributed by atoms with Crippen molar-refractivity contribution in [3.05, 3.63) is 35.4 Å². The number of ether oxygens (including phenoxy) is 1. The molecule has 1 aliphatic carbocycles. The fourth-order valence-electron chi connectivity index (χ4n) is 2.87. The highest BCUT2D eigenvalue weighted by molar-refractivity contribution is 5.89. The molecule has 0 radical (unpaired) electrons. The first-order chi connectivity index (χ1) is 9.29. The van der Waals surface area contributed by atoms with Gasteiger partial charge in [-0.05, 0) is 43.4 Å². The maximum absolute atomic E-state index is 11.5. The van der Waals surface area contributed by atoms with E-state index < -0.39 is 0 Å². The summed E-state index contributed by atoms with van der Waals surface area (Å²) in [5, 5.41) is 0. The predicted molar refractivity (Wildman–Crippen MR) is 77.3 cm³/mol. The third-order valence-corrected chi connectivity index (χ3v) is 4.03. The fourth-order valence-corrected chi connectivity index (χ4v) is 2.87.